The van der Waals surface area contributed by atoms with Gasteiger partial charge in [0, 0.05) is 12.6 Å². The third-order valence-corrected chi connectivity index (χ3v) is 2.54. The summed E-state index contributed by atoms with van der Waals surface area (Å²) >= 11 is 0. The fraction of sp³-hybridized carbons (Fsp3) is 0.455. The molecule has 86 valence electrons. The summed E-state index contributed by atoms with van der Waals surface area (Å²) in [6, 6.07) is 3.67. The lowest BCUT2D eigenvalue weighted by molar-refractivity contribution is 0.399. The highest BCUT2D eigenvalue weighted by molar-refractivity contribution is 5.74. The van der Waals surface area contributed by atoms with Gasteiger partial charge in [-0.25, -0.2) is 4.98 Å². The lowest BCUT2D eigenvalue weighted by Crippen LogP contribution is -2.04. The number of pyridine rings is 1. The number of anilines is 1. The molecule has 0 atom stereocenters. The van der Waals surface area contributed by atoms with E-state index in [1.807, 2.05) is 10.6 Å². The molecule has 0 amide bonds. The Morgan fingerprint density at radius 1 is 1.38 bits per heavy atom. The van der Waals surface area contributed by atoms with E-state index in [2.05, 4.69) is 16.9 Å². The molecule has 0 bridgehead atoms. The molecule has 2 heterocycles. The first-order valence-corrected chi connectivity index (χ1v) is 5.43. The predicted molar refractivity (Wildman–Crippen MR) is 63.4 cm³/mol. The summed E-state index contributed by atoms with van der Waals surface area (Å²) in [5.74, 6) is 1.11. The number of nitrogens with two attached hydrogens (primary N) is 1. The Balaban J connectivity index is 2.48. The van der Waals surface area contributed by atoms with Crippen molar-refractivity contribution in [2.45, 2.75) is 26.3 Å². The highest BCUT2D eigenvalue weighted by Crippen LogP contribution is 2.19. The number of methoxy groups -OCH3 is 1. The molecule has 0 radical (unpaired) electrons. The molecule has 5 nitrogen and oxygen atoms in total. The van der Waals surface area contributed by atoms with Gasteiger partial charge in [0.2, 0.25) is 11.8 Å². The molecule has 0 aliphatic carbocycles. The number of aromatic nitrogens is 3. The highest BCUT2D eigenvalue weighted by atomic mass is 16.5. The lowest BCUT2D eigenvalue weighted by atomic mass is 10.3. The Bertz CT molecular complexity index is 492. The smallest absolute Gasteiger partial charge is 0.215 e. The van der Waals surface area contributed by atoms with E-state index in [0.717, 1.165) is 30.6 Å². The minimum atomic E-state index is 0.518. The van der Waals surface area contributed by atoms with Crippen molar-refractivity contribution in [2.75, 3.05) is 12.8 Å². The van der Waals surface area contributed by atoms with Crippen LogP contribution in [0, 0.1) is 0 Å². The van der Waals surface area contributed by atoms with E-state index in [0.29, 0.717) is 11.8 Å². The van der Waals surface area contributed by atoms with Crippen LogP contribution in [-0.2, 0) is 6.54 Å². The molecule has 2 rings (SSSR count). The first-order chi connectivity index (χ1) is 7.76. The molecule has 0 unspecified atom stereocenters. The van der Waals surface area contributed by atoms with Crippen LogP contribution in [0.2, 0.25) is 0 Å². The van der Waals surface area contributed by atoms with Crippen molar-refractivity contribution in [2.24, 2.45) is 0 Å². The number of hydrogen-bond donors (Lipinski definition) is 1. The summed E-state index contributed by atoms with van der Waals surface area (Å²) in [6.07, 6.45) is 2.18. The topological polar surface area (TPSA) is 66.0 Å². The van der Waals surface area contributed by atoms with E-state index in [9.17, 15) is 0 Å². The quantitative estimate of drug-likeness (QED) is 0.853. The molecule has 2 aromatic rings. The Morgan fingerprint density at radius 2 is 2.19 bits per heavy atom. The van der Waals surface area contributed by atoms with Crippen LogP contribution in [0.15, 0.2) is 12.1 Å². The van der Waals surface area contributed by atoms with Crippen LogP contribution >= 0.6 is 0 Å². The van der Waals surface area contributed by atoms with Crippen molar-refractivity contribution in [1.29, 1.82) is 0 Å². The molecule has 0 aliphatic heterocycles. The maximum absolute atomic E-state index is 5.86. The van der Waals surface area contributed by atoms with Gasteiger partial charge in [-0.05, 0) is 12.5 Å². The molecule has 0 aromatic carbocycles. The van der Waals surface area contributed by atoms with Gasteiger partial charge < -0.3 is 10.5 Å². The zero-order chi connectivity index (χ0) is 11.5. The number of rotatable bonds is 4. The lowest BCUT2D eigenvalue weighted by Gasteiger charge is -2.04. The molecule has 2 aromatic heterocycles. The van der Waals surface area contributed by atoms with E-state index in [-0.39, 0.29) is 0 Å². The zero-order valence-corrected chi connectivity index (χ0v) is 9.60. The van der Waals surface area contributed by atoms with E-state index in [1.54, 1.807) is 13.2 Å². The molecule has 5 heteroatoms. The van der Waals surface area contributed by atoms with Crippen LogP contribution in [0.1, 0.15) is 19.8 Å². The Labute approximate surface area is 94.2 Å². The second-order valence-electron chi connectivity index (χ2n) is 3.67. The summed E-state index contributed by atoms with van der Waals surface area (Å²) in [5.41, 5.74) is 7.47. The van der Waals surface area contributed by atoms with Gasteiger partial charge in [-0.3, -0.25) is 4.57 Å². The van der Waals surface area contributed by atoms with Crippen LogP contribution < -0.4 is 10.5 Å². The fourth-order valence-electron chi connectivity index (χ4n) is 1.65. The Morgan fingerprint density at radius 3 is 2.88 bits per heavy atom. The molecule has 2 N–H and O–H groups in total. The van der Waals surface area contributed by atoms with Crippen LogP contribution in [-0.4, -0.2) is 21.6 Å². The zero-order valence-electron chi connectivity index (χ0n) is 9.60. The van der Waals surface area contributed by atoms with Gasteiger partial charge in [-0.15, -0.1) is 0 Å². The van der Waals surface area contributed by atoms with Gasteiger partial charge in [-0.2, -0.15) is 4.98 Å². The largest absolute Gasteiger partial charge is 0.481 e. The standard InChI is InChI=1S/C11H16N4O/c1-3-4-7-15-10-8(13-11(15)12)5-6-9(14-10)16-2/h5-6H,3-4,7H2,1-2H3,(H2,12,13). The molecule has 0 saturated carbocycles. The van der Waals surface area contributed by atoms with E-state index in [4.69, 9.17) is 10.5 Å². The monoisotopic (exact) mass is 220 g/mol. The van der Waals surface area contributed by atoms with Gasteiger partial charge in [0.1, 0.15) is 5.52 Å². The molecule has 16 heavy (non-hydrogen) atoms. The van der Waals surface area contributed by atoms with Gasteiger partial charge >= 0.3 is 0 Å². The average molecular weight is 220 g/mol. The SMILES string of the molecule is CCCCn1c(N)nc2ccc(OC)nc21. The minimum absolute atomic E-state index is 0.518. The molecule has 0 saturated heterocycles. The van der Waals surface area contributed by atoms with E-state index >= 15 is 0 Å². The van der Waals surface area contributed by atoms with Crippen LogP contribution in [0.25, 0.3) is 11.2 Å². The minimum Gasteiger partial charge on any atom is -0.481 e. The predicted octanol–water partition coefficient (Wildman–Crippen LogP) is 1.82. The Hall–Kier alpha value is -1.78. The summed E-state index contributed by atoms with van der Waals surface area (Å²) in [6.45, 7) is 2.99. The summed E-state index contributed by atoms with van der Waals surface area (Å²) in [4.78, 5) is 8.63. The van der Waals surface area contributed by atoms with E-state index < -0.39 is 0 Å². The number of nitrogens with zero attached hydrogens (tertiary/aromatic N) is 3. The number of hydrogen-bond acceptors (Lipinski definition) is 4. The van der Waals surface area contributed by atoms with Crippen LogP contribution in [0.5, 0.6) is 5.88 Å². The van der Waals surface area contributed by atoms with Crippen molar-refractivity contribution in [3.05, 3.63) is 12.1 Å². The summed E-state index contributed by atoms with van der Waals surface area (Å²) < 4.78 is 7.03. The third-order valence-electron chi connectivity index (χ3n) is 2.54. The van der Waals surface area contributed by atoms with Crippen LogP contribution in [0.4, 0.5) is 5.95 Å². The van der Waals surface area contributed by atoms with Crippen molar-refractivity contribution in [3.8, 4) is 5.88 Å². The third kappa shape index (κ3) is 1.80. The Kier molecular flexibility index (Phi) is 2.94. The molecule has 0 spiro atoms. The van der Waals surface area contributed by atoms with Crippen molar-refractivity contribution in [3.63, 3.8) is 0 Å². The second kappa shape index (κ2) is 4.38. The first-order valence-electron chi connectivity index (χ1n) is 5.43. The van der Waals surface area contributed by atoms with Gasteiger partial charge in [0.05, 0.1) is 7.11 Å². The maximum Gasteiger partial charge on any atom is 0.215 e. The number of ether oxygens (including phenoxy) is 1. The molecular formula is C11H16N4O. The first kappa shape index (κ1) is 10.7. The number of aryl methyl sites for hydroxylation is 1. The van der Waals surface area contributed by atoms with Crippen molar-refractivity contribution >= 4 is 17.1 Å². The fourth-order valence-corrected chi connectivity index (χ4v) is 1.65. The normalized spacial score (nSPS) is 10.9. The van der Waals surface area contributed by atoms with Gasteiger partial charge in [0.25, 0.3) is 0 Å². The summed E-state index contributed by atoms with van der Waals surface area (Å²) in [7, 11) is 1.60. The van der Waals surface area contributed by atoms with Gasteiger partial charge in [-0.1, -0.05) is 13.3 Å². The molecule has 0 fully saturated rings. The van der Waals surface area contributed by atoms with Crippen molar-refractivity contribution < 1.29 is 4.74 Å². The average Bonchev–Trinajstić information content (AvgIpc) is 2.61. The molecule has 0 aliphatic rings. The number of imidazole rings is 1. The maximum atomic E-state index is 5.86. The van der Waals surface area contributed by atoms with Crippen molar-refractivity contribution in [1.82, 2.24) is 14.5 Å². The van der Waals surface area contributed by atoms with E-state index in [1.165, 1.54) is 0 Å². The second-order valence-corrected chi connectivity index (χ2v) is 3.67. The van der Waals surface area contributed by atoms with Gasteiger partial charge in [0.15, 0.2) is 5.65 Å². The number of unbranched alkanes of at least 4 members (excludes halogenated alkanes) is 1. The highest BCUT2D eigenvalue weighted by Gasteiger charge is 2.09. The summed E-state index contributed by atoms with van der Waals surface area (Å²) in [5, 5.41) is 0. The molecular weight excluding hydrogens is 204 g/mol. The number of nitrogen functional groups attached to an aromatic ring is 1. The van der Waals surface area contributed by atoms with Crippen LogP contribution in [0.3, 0.4) is 0 Å². The number of fused-ring (bicyclic) bond motifs is 1.